The first-order valence-corrected chi connectivity index (χ1v) is 10.5. The van der Waals surface area contributed by atoms with Crippen LogP contribution in [0.2, 0.25) is 0 Å². The molecule has 2 rings (SSSR count). The summed E-state index contributed by atoms with van der Waals surface area (Å²) < 4.78 is 32.1. The number of ether oxygens (including phenoxy) is 1. The highest BCUT2D eigenvalue weighted by Gasteiger charge is 2.19. The summed E-state index contributed by atoms with van der Waals surface area (Å²) in [4.78, 5) is 6.89. The fourth-order valence-corrected chi connectivity index (χ4v) is 4.16. The van der Waals surface area contributed by atoms with Gasteiger partial charge in [0.1, 0.15) is 0 Å². The Morgan fingerprint density at radius 1 is 1.41 bits per heavy atom. The molecule has 0 spiro atoms. The van der Waals surface area contributed by atoms with Crippen LogP contribution in [0.3, 0.4) is 0 Å². The predicted molar refractivity (Wildman–Crippen MR) is 119 cm³/mol. The van der Waals surface area contributed by atoms with Gasteiger partial charge in [0.05, 0.1) is 11.5 Å². The van der Waals surface area contributed by atoms with Crippen molar-refractivity contribution >= 4 is 40.0 Å². The Morgan fingerprint density at radius 3 is 2.85 bits per heavy atom. The van der Waals surface area contributed by atoms with Crippen molar-refractivity contribution < 1.29 is 13.2 Å². The molecule has 0 saturated carbocycles. The molecule has 1 aromatic rings. The largest absolute Gasteiger partial charge is 0.383 e. The summed E-state index contributed by atoms with van der Waals surface area (Å²) in [5, 5.41) is 3.35. The number of nitrogens with zero attached hydrogens (tertiary/aromatic N) is 2. The molecule has 27 heavy (non-hydrogen) atoms. The number of sulfonamides is 1. The molecule has 0 aromatic heterocycles. The average molecular weight is 510 g/mol. The SMILES string of the molecule is CN=C(NCc1cccc(S(=O)(=O)NCCOC)c1)N1CCCC(C)C1.I. The number of halogens is 1. The van der Waals surface area contributed by atoms with Gasteiger partial charge in [-0.25, -0.2) is 13.1 Å². The zero-order valence-corrected chi connectivity index (χ0v) is 19.4. The zero-order valence-electron chi connectivity index (χ0n) is 16.3. The molecule has 1 saturated heterocycles. The highest BCUT2D eigenvalue weighted by Crippen LogP contribution is 2.16. The fraction of sp³-hybridized carbons (Fsp3) is 0.611. The van der Waals surface area contributed by atoms with E-state index in [1.165, 1.54) is 20.0 Å². The third-order valence-corrected chi connectivity index (χ3v) is 5.88. The molecule has 0 bridgehead atoms. The Balaban J connectivity index is 0.00000364. The Kier molecular flexibility index (Phi) is 10.6. The summed E-state index contributed by atoms with van der Waals surface area (Å²) in [6.07, 6.45) is 2.42. The molecule has 1 unspecified atom stereocenters. The lowest BCUT2D eigenvalue weighted by molar-refractivity contribution is 0.204. The maximum absolute atomic E-state index is 12.3. The minimum atomic E-state index is -3.53. The molecular formula is C18H31IN4O3S. The van der Waals surface area contributed by atoms with E-state index in [9.17, 15) is 8.42 Å². The maximum Gasteiger partial charge on any atom is 0.240 e. The fourth-order valence-electron chi connectivity index (χ4n) is 3.08. The van der Waals surface area contributed by atoms with Crippen molar-refractivity contribution in [1.29, 1.82) is 0 Å². The molecule has 0 radical (unpaired) electrons. The number of piperidine rings is 1. The Hall–Kier alpha value is -0.910. The Bertz CT molecular complexity index is 712. The molecule has 0 amide bonds. The first-order valence-electron chi connectivity index (χ1n) is 8.99. The molecule has 1 aliphatic heterocycles. The highest BCUT2D eigenvalue weighted by atomic mass is 127. The van der Waals surface area contributed by atoms with Crippen LogP contribution in [-0.4, -0.2) is 59.7 Å². The molecule has 1 fully saturated rings. The summed E-state index contributed by atoms with van der Waals surface area (Å²) in [7, 11) is -0.207. The second kappa shape index (κ2) is 11.8. The van der Waals surface area contributed by atoms with E-state index >= 15 is 0 Å². The number of nitrogens with one attached hydrogen (secondary N) is 2. The number of rotatable bonds is 7. The van der Waals surface area contributed by atoms with Gasteiger partial charge in [-0.1, -0.05) is 19.1 Å². The summed E-state index contributed by atoms with van der Waals surface area (Å²) in [6.45, 7) is 5.37. The van der Waals surface area contributed by atoms with E-state index in [0.717, 1.165) is 24.6 Å². The lowest BCUT2D eigenvalue weighted by Crippen LogP contribution is -2.45. The molecular weight excluding hydrogens is 479 g/mol. The van der Waals surface area contributed by atoms with Crippen LogP contribution in [0, 0.1) is 5.92 Å². The van der Waals surface area contributed by atoms with Gasteiger partial charge in [0, 0.05) is 40.3 Å². The van der Waals surface area contributed by atoms with Crippen LogP contribution in [0.5, 0.6) is 0 Å². The van der Waals surface area contributed by atoms with Crippen molar-refractivity contribution in [3.63, 3.8) is 0 Å². The van der Waals surface area contributed by atoms with E-state index in [0.29, 0.717) is 19.1 Å². The van der Waals surface area contributed by atoms with Crippen molar-refractivity contribution in [3.05, 3.63) is 29.8 Å². The van der Waals surface area contributed by atoms with Crippen LogP contribution < -0.4 is 10.0 Å². The number of hydrogen-bond donors (Lipinski definition) is 2. The number of aliphatic imine (C=N–C) groups is 1. The third-order valence-electron chi connectivity index (χ3n) is 4.43. The van der Waals surface area contributed by atoms with Gasteiger partial charge >= 0.3 is 0 Å². The molecule has 2 N–H and O–H groups in total. The van der Waals surface area contributed by atoms with E-state index in [4.69, 9.17) is 4.74 Å². The number of benzene rings is 1. The molecule has 0 aliphatic carbocycles. The lowest BCUT2D eigenvalue weighted by Gasteiger charge is -2.33. The maximum atomic E-state index is 12.3. The second-order valence-electron chi connectivity index (χ2n) is 6.63. The number of hydrogen-bond acceptors (Lipinski definition) is 4. The molecule has 7 nitrogen and oxygen atoms in total. The van der Waals surface area contributed by atoms with Gasteiger partial charge in [-0.2, -0.15) is 0 Å². The molecule has 9 heteroatoms. The summed E-state index contributed by atoms with van der Waals surface area (Å²) in [6, 6.07) is 6.95. The Labute approximate surface area is 180 Å². The van der Waals surface area contributed by atoms with Crippen LogP contribution in [0.15, 0.2) is 34.2 Å². The van der Waals surface area contributed by atoms with Crippen LogP contribution in [-0.2, 0) is 21.3 Å². The average Bonchev–Trinajstić information content (AvgIpc) is 2.63. The smallest absolute Gasteiger partial charge is 0.240 e. The van der Waals surface area contributed by atoms with Crippen LogP contribution in [0.25, 0.3) is 0 Å². The Morgan fingerprint density at radius 2 is 2.19 bits per heavy atom. The van der Waals surface area contributed by atoms with Gasteiger partial charge in [-0.05, 0) is 36.5 Å². The van der Waals surface area contributed by atoms with Gasteiger partial charge in [0.25, 0.3) is 0 Å². The summed E-state index contributed by atoms with van der Waals surface area (Å²) in [5.41, 5.74) is 0.894. The minimum absolute atomic E-state index is 0. The molecule has 1 heterocycles. The quantitative estimate of drug-likeness (QED) is 0.254. The van der Waals surface area contributed by atoms with Crippen molar-refractivity contribution in [2.24, 2.45) is 10.9 Å². The van der Waals surface area contributed by atoms with Gasteiger partial charge in [0.15, 0.2) is 5.96 Å². The summed E-state index contributed by atoms with van der Waals surface area (Å²) in [5.74, 6) is 1.52. The van der Waals surface area contributed by atoms with Crippen molar-refractivity contribution in [2.45, 2.75) is 31.2 Å². The summed E-state index contributed by atoms with van der Waals surface area (Å²) >= 11 is 0. The van der Waals surface area contributed by atoms with Crippen molar-refractivity contribution in [2.75, 3.05) is 40.4 Å². The first-order chi connectivity index (χ1) is 12.5. The number of methoxy groups -OCH3 is 1. The standard InChI is InChI=1S/C18H30N4O3S.HI/c1-15-6-5-10-22(14-15)18(19-2)20-13-16-7-4-8-17(12-16)26(23,24)21-9-11-25-3;/h4,7-8,12,15,21H,5-6,9-11,13-14H2,1-3H3,(H,19,20);1H. The zero-order chi connectivity index (χ0) is 19.0. The van der Waals surface area contributed by atoms with E-state index in [2.05, 4.69) is 26.9 Å². The number of guanidine groups is 1. The van der Waals surface area contributed by atoms with E-state index < -0.39 is 10.0 Å². The molecule has 154 valence electrons. The van der Waals surface area contributed by atoms with Crippen molar-refractivity contribution in [1.82, 2.24) is 14.9 Å². The lowest BCUT2D eigenvalue weighted by atomic mass is 10.0. The van der Waals surface area contributed by atoms with Crippen molar-refractivity contribution in [3.8, 4) is 0 Å². The second-order valence-corrected chi connectivity index (χ2v) is 8.40. The first kappa shape index (κ1) is 24.1. The van der Waals surface area contributed by atoms with Crippen LogP contribution in [0.4, 0.5) is 0 Å². The number of likely N-dealkylation sites (tertiary alicyclic amines) is 1. The third kappa shape index (κ3) is 7.55. The normalized spacial score (nSPS) is 18.1. The predicted octanol–water partition coefficient (Wildman–Crippen LogP) is 2.04. The molecule has 1 aromatic carbocycles. The van der Waals surface area contributed by atoms with Gasteiger partial charge < -0.3 is 15.0 Å². The topological polar surface area (TPSA) is 83.0 Å². The van der Waals surface area contributed by atoms with Crippen LogP contribution >= 0.6 is 24.0 Å². The minimum Gasteiger partial charge on any atom is -0.383 e. The van der Waals surface area contributed by atoms with Gasteiger partial charge in [-0.3, -0.25) is 4.99 Å². The van der Waals surface area contributed by atoms with E-state index in [1.807, 2.05) is 6.07 Å². The van der Waals surface area contributed by atoms with Gasteiger partial charge in [0.2, 0.25) is 10.0 Å². The van der Waals surface area contributed by atoms with Gasteiger partial charge in [-0.15, -0.1) is 24.0 Å². The monoisotopic (exact) mass is 510 g/mol. The van der Waals surface area contributed by atoms with E-state index in [1.54, 1.807) is 25.2 Å². The molecule has 1 atom stereocenters. The van der Waals surface area contributed by atoms with Crippen LogP contribution in [0.1, 0.15) is 25.3 Å². The van der Waals surface area contributed by atoms with E-state index in [-0.39, 0.29) is 35.4 Å². The molecule has 1 aliphatic rings. The highest BCUT2D eigenvalue weighted by molar-refractivity contribution is 14.0.